The van der Waals surface area contributed by atoms with E-state index in [1.165, 1.54) is 38.9 Å². The van der Waals surface area contributed by atoms with Gasteiger partial charge in [-0.1, -0.05) is 0 Å². The third kappa shape index (κ3) is 5.83. The first-order valence-corrected chi connectivity index (χ1v) is 8.35. The lowest BCUT2D eigenvalue weighted by Crippen LogP contribution is -2.50. The maximum atomic E-state index is 12.0. The average Bonchev–Trinajstić information content (AvgIpc) is 2.91. The molecule has 122 valence electrons. The molecule has 0 saturated carbocycles. The highest BCUT2D eigenvalue weighted by molar-refractivity contribution is 5.68. The Morgan fingerprint density at radius 3 is 2.52 bits per heavy atom. The van der Waals surface area contributed by atoms with Crippen molar-refractivity contribution in [3.05, 3.63) is 0 Å². The predicted octanol–water partition coefficient (Wildman–Crippen LogP) is 1.93. The Kier molecular flexibility index (Phi) is 5.88. The summed E-state index contributed by atoms with van der Waals surface area (Å²) in [4.78, 5) is 16.3. The number of carbonyl (C=O) groups is 1. The molecule has 1 N–H and O–H groups in total. The van der Waals surface area contributed by atoms with E-state index in [9.17, 15) is 4.79 Å². The van der Waals surface area contributed by atoms with Gasteiger partial charge in [0.05, 0.1) is 0 Å². The molecule has 2 rings (SSSR count). The van der Waals surface area contributed by atoms with E-state index >= 15 is 0 Å². The van der Waals surface area contributed by atoms with E-state index < -0.39 is 5.60 Å². The van der Waals surface area contributed by atoms with Crippen molar-refractivity contribution < 1.29 is 9.53 Å². The Hall–Kier alpha value is -0.810. The molecule has 1 atom stereocenters. The van der Waals surface area contributed by atoms with Crippen LogP contribution in [0.3, 0.4) is 0 Å². The Morgan fingerprint density at radius 1 is 1.24 bits per heavy atom. The van der Waals surface area contributed by atoms with Crippen molar-refractivity contribution in [2.24, 2.45) is 5.92 Å². The van der Waals surface area contributed by atoms with Crippen LogP contribution in [0.15, 0.2) is 0 Å². The minimum Gasteiger partial charge on any atom is -0.444 e. The molecular weight excluding hydrogens is 266 g/mol. The molecule has 1 amide bonds. The number of hydrogen-bond donors (Lipinski definition) is 1. The summed E-state index contributed by atoms with van der Waals surface area (Å²) in [6.45, 7) is 12.8. The molecule has 5 nitrogen and oxygen atoms in total. The summed E-state index contributed by atoms with van der Waals surface area (Å²) in [6.07, 6.45) is 3.78. The van der Waals surface area contributed by atoms with Crippen LogP contribution in [-0.4, -0.2) is 67.3 Å². The number of rotatable bonds is 4. The summed E-state index contributed by atoms with van der Waals surface area (Å²) in [5, 5.41) is 3.43. The molecule has 0 aromatic rings. The monoisotopic (exact) mass is 297 g/mol. The Morgan fingerprint density at radius 2 is 1.95 bits per heavy atom. The van der Waals surface area contributed by atoms with Crippen LogP contribution in [0.4, 0.5) is 4.79 Å². The molecule has 2 aliphatic rings. The predicted molar refractivity (Wildman–Crippen MR) is 84.5 cm³/mol. The lowest BCUT2D eigenvalue weighted by molar-refractivity contribution is 0.0143. The number of hydrogen-bond acceptors (Lipinski definition) is 4. The van der Waals surface area contributed by atoms with Gasteiger partial charge in [0.25, 0.3) is 0 Å². The molecule has 2 heterocycles. The van der Waals surface area contributed by atoms with E-state index in [2.05, 4.69) is 10.2 Å². The van der Waals surface area contributed by atoms with Crippen LogP contribution in [0.1, 0.15) is 40.0 Å². The van der Waals surface area contributed by atoms with Crippen molar-refractivity contribution in [3.63, 3.8) is 0 Å². The molecule has 0 aliphatic carbocycles. The third-order valence-corrected chi connectivity index (χ3v) is 4.27. The number of carbonyl (C=O) groups excluding carboxylic acids is 1. The smallest absolute Gasteiger partial charge is 0.410 e. The number of nitrogens with one attached hydrogen (secondary N) is 1. The van der Waals surface area contributed by atoms with Gasteiger partial charge in [0.2, 0.25) is 0 Å². The van der Waals surface area contributed by atoms with Gasteiger partial charge < -0.3 is 15.0 Å². The molecule has 0 aromatic heterocycles. The summed E-state index contributed by atoms with van der Waals surface area (Å²) in [6, 6.07) is 0. The van der Waals surface area contributed by atoms with E-state index in [0.29, 0.717) is 0 Å². The van der Waals surface area contributed by atoms with Crippen molar-refractivity contribution >= 4 is 6.09 Å². The molecule has 0 radical (unpaired) electrons. The van der Waals surface area contributed by atoms with Crippen LogP contribution in [0.5, 0.6) is 0 Å². The molecule has 21 heavy (non-hydrogen) atoms. The van der Waals surface area contributed by atoms with Crippen LogP contribution in [-0.2, 0) is 4.74 Å². The number of piperazine rings is 1. The third-order valence-electron chi connectivity index (χ3n) is 4.27. The summed E-state index contributed by atoms with van der Waals surface area (Å²) < 4.78 is 5.42. The Balaban J connectivity index is 1.60. The second-order valence-electron chi connectivity index (χ2n) is 7.31. The van der Waals surface area contributed by atoms with Crippen molar-refractivity contribution in [1.29, 1.82) is 0 Å². The first-order valence-electron chi connectivity index (χ1n) is 8.35. The van der Waals surface area contributed by atoms with E-state index in [1.54, 1.807) is 0 Å². The Bertz CT molecular complexity index is 327. The minimum absolute atomic E-state index is 0.167. The van der Waals surface area contributed by atoms with Gasteiger partial charge >= 0.3 is 6.09 Å². The van der Waals surface area contributed by atoms with Crippen molar-refractivity contribution in [1.82, 2.24) is 15.1 Å². The van der Waals surface area contributed by atoms with Gasteiger partial charge in [0.1, 0.15) is 5.60 Å². The fourth-order valence-corrected chi connectivity index (χ4v) is 3.04. The summed E-state index contributed by atoms with van der Waals surface area (Å²) in [5.74, 6) is 0.882. The summed E-state index contributed by atoms with van der Waals surface area (Å²) in [5.41, 5.74) is -0.399. The zero-order valence-corrected chi connectivity index (χ0v) is 13.9. The largest absolute Gasteiger partial charge is 0.444 e. The van der Waals surface area contributed by atoms with Crippen LogP contribution in [0.25, 0.3) is 0 Å². The molecule has 1 unspecified atom stereocenters. The second-order valence-corrected chi connectivity index (χ2v) is 7.31. The topological polar surface area (TPSA) is 44.8 Å². The maximum absolute atomic E-state index is 12.0. The van der Waals surface area contributed by atoms with Crippen molar-refractivity contribution in [2.75, 3.05) is 45.8 Å². The number of amides is 1. The molecule has 5 heteroatoms. The molecule has 2 saturated heterocycles. The number of ether oxygens (including phenoxy) is 1. The normalized spacial score (nSPS) is 24.3. The van der Waals surface area contributed by atoms with E-state index in [1.807, 2.05) is 25.7 Å². The minimum atomic E-state index is -0.399. The molecular formula is C16H31N3O2. The SMILES string of the molecule is CC(C)(C)OC(=O)N1CCN(CCCC2CCNC2)CC1. The molecule has 0 spiro atoms. The van der Waals surface area contributed by atoms with E-state index in [4.69, 9.17) is 4.74 Å². The zero-order chi connectivity index (χ0) is 15.3. The number of nitrogens with zero attached hydrogens (tertiary/aromatic N) is 2. The maximum Gasteiger partial charge on any atom is 0.410 e. The summed E-state index contributed by atoms with van der Waals surface area (Å²) in [7, 11) is 0. The Labute approximate surface area is 129 Å². The quantitative estimate of drug-likeness (QED) is 0.861. The lowest BCUT2D eigenvalue weighted by Gasteiger charge is -2.35. The van der Waals surface area contributed by atoms with Crippen LogP contribution in [0, 0.1) is 5.92 Å². The second kappa shape index (κ2) is 7.45. The van der Waals surface area contributed by atoms with E-state index in [0.717, 1.165) is 32.1 Å². The standard InChI is InChI=1S/C16H31N3O2/c1-16(2,3)21-15(20)19-11-9-18(10-12-19)8-4-5-14-6-7-17-13-14/h14,17H,4-13H2,1-3H3. The van der Waals surface area contributed by atoms with Gasteiger partial charge in [-0.05, 0) is 65.6 Å². The molecule has 0 bridgehead atoms. The van der Waals surface area contributed by atoms with E-state index in [-0.39, 0.29) is 6.09 Å². The van der Waals surface area contributed by atoms with Gasteiger partial charge in [0.15, 0.2) is 0 Å². The lowest BCUT2D eigenvalue weighted by atomic mass is 10.0. The highest BCUT2D eigenvalue weighted by atomic mass is 16.6. The fraction of sp³-hybridized carbons (Fsp3) is 0.938. The molecule has 2 aliphatic heterocycles. The highest BCUT2D eigenvalue weighted by Crippen LogP contribution is 2.16. The van der Waals surface area contributed by atoms with Gasteiger partial charge in [-0.3, -0.25) is 4.90 Å². The first kappa shape index (κ1) is 16.6. The average molecular weight is 297 g/mol. The first-order chi connectivity index (χ1) is 9.94. The van der Waals surface area contributed by atoms with Gasteiger partial charge in [-0.2, -0.15) is 0 Å². The highest BCUT2D eigenvalue weighted by Gasteiger charge is 2.25. The van der Waals surface area contributed by atoms with Gasteiger partial charge in [-0.15, -0.1) is 0 Å². The van der Waals surface area contributed by atoms with Crippen molar-refractivity contribution in [3.8, 4) is 0 Å². The van der Waals surface area contributed by atoms with Gasteiger partial charge in [0, 0.05) is 26.2 Å². The van der Waals surface area contributed by atoms with Crippen LogP contribution < -0.4 is 5.32 Å². The fourth-order valence-electron chi connectivity index (χ4n) is 3.04. The molecule has 0 aromatic carbocycles. The van der Waals surface area contributed by atoms with Crippen LogP contribution >= 0.6 is 0 Å². The molecule has 2 fully saturated rings. The zero-order valence-electron chi connectivity index (χ0n) is 13.9. The van der Waals surface area contributed by atoms with Crippen molar-refractivity contribution in [2.45, 2.75) is 45.6 Å². The van der Waals surface area contributed by atoms with Gasteiger partial charge in [-0.25, -0.2) is 4.79 Å². The summed E-state index contributed by atoms with van der Waals surface area (Å²) >= 11 is 0. The van der Waals surface area contributed by atoms with Crippen LogP contribution in [0.2, 0.25) is 0 Å².